The molecule has 2 heterocycles. The van der Waals surface area contributed by atoms with E-state index < -0.39 is 29.1 Å². The van der Waals surface area contributed by atoms with Crippen LogP contribution < -0.4 is 0 Å². The molecule has 0 amide bonds. The summed E-state index contributed by atoms with van der Waals surface area (Å²) in [6, 6.07) is 12.5. The highest BCUT2D eigenvalue weighted by Crippen LogP contribution is 2.30. The van der Waals surface area contributed by atoms with Crippen molar-refractivity contribution in [2.24, 2.45) is 0 Å². The first kappa shape index (κ1) is 33.5. The van der Waals surface area contributed by atoms with E-state index in [4.69, 9.17) is 0 Å². The third-order valence-corrected chi connectivity index (χ3v) is 5.66. The molecule has 0 N–H and O–H groups in total. The van der Waals surface area contributed by atoms with Crippen molar-refractivity contribution in [1.29, 1.82) is 0 Å². The van der Waals surface area contributed by atoms with E-state index in [0.717, 1.165) is 33.8 Å². The maximum atomic E-state index is 12.5. The first-order valence-corrected chi connectivity index (χ1v) is 12.4. The molecule has 0 aliphatic rings. The molecular formula is C26H19ClF5IN2O6. The standard InChI is InChI=1S/C12H8F3NO2.C11H8INO2.C3H3ClF2O2/c1-18-11(17)7-2-3-10-8(4-7)5-9(6-16-10)12(13,14)15;1-15-11(14)7-2-3-10-8(4-7)5-9(12)6-13-10;1-8-2(7)3(4,5)6/h2-6H,1H3;2-6H,1H3;1H3. The Labute approximate surface area is 247 Å². The highest BCUT2D eigenvalue weighted by Gasteiger charge is 2.36. The Morgan fingerprint density at radius 1 is 0.732 bits per heavy atom. The second kappa shape index (κ2) is 14.3. The lowest BCUT2D eigenvalue weighted by Crippen LogP contribution is -2.22. The fourth-order valence-corrected chi connectivity index (χ4v) is 3.55. The lowest BCUT2D eigenvalue weighted by molar-refractivity contribution is -0.157. The predicted molar refractivity (Wildman–Crippen MR) is 147 cm³/mol. The summed E-state index contributed by atoms with van der Waals surface area (Å²) in [4.78, 5) is 40.2. The second-order valence-electron chi connectivity index (χ2n) is 7.66. The van der Waals surface area contributed by atoms with Crippen molar-refractivity contribution in [1.82, 2.24) is 9.97 Å². The van der Waals surface area contributed by atoms with Gasteiger partial charge >= 0.3 is 29.5 Å². The SMILES string of the molecule is COC(=O)C(F)(F)Cl.COC(=O)c1ccc2ncc(C(F)(F)F)cc2c1.COC(=O)c1ccc2ncc(I)cc2c1. The summed E-state index contributed by atoms with van der Waals surface area (Å²) in [5.41, 5.74) is 1.15. The second-order valence-corrected chi connectivity index (χ2v) is 9.38. The zero-order chi connectivity index (χ0) is 31.0. The van der Waals surface area contributed by atoms with Crippen molar-refractivity contribution < 1.29 is 50.5 Å². The molecule has 8 nitrogen and oxygen atoms in total. The normalized spacial score (nSPS) is 11.0. The number of nitrogens with zero attached hydrogens (tertiary/aromatic N) is 2. The molecule has 4 rings (SSSR count). The number of esters is 3. The van der Waals surface area contributed by atoms with Gasteiger partial charge in [-0.15, -0.1) is 0 Å². The molecule has 0 bridgehead atoms. The van der Waals surface area contributed by atoms with Crippen molar-refractivity contribution in [2.45, 2.75) is 11.6 Å². The first-order valence-electron chi connectivity index (χ1n) is 10.9. The van der Waals surface area contributed by atoms with Crippen molar-refractivity contribution in [3.8, 4) is 0 Å². The molecule has 0 unspecified atom stereocenters. The average Bonchev–Trinajstić information content (AvgIpc) is 2.94. The Kier molecular flexibility index (Phi) is 11.7. The number of carbonyl (C=O) groups is 3. The number of alkyl halides is 6. The number of hydrogen-bond donors (Lipinski definition) is 0. The number of carbonyl (C=O) groups excluding carboxylic acids is 3. The van der Waals surface area contributed by atoms with Gasteiger partial charge in [-0.3, -0.25) is 9.97 Å². The van der Waals surface area contributed by atoms with E-state index in [1.165, 1.54) is 32.4 Å². The van der Waals surface area contributed by atoms with Gasteiger partial charge in [0.1, 0.15) is 0 Å². The van der Waals surface area contributed by atoms with E-state index in [-0.39, 0.29) is 16.9 Å². The number of fused-ring (bicyclic) bond motifs is 2. The van der Waals surface area contributed by atoms with Gasteiger partial charge in [-0.25, -0.2) is 14.4 Å². The third kappa shape index (κ3) is 9.74. The minimum Gasteiger partial charge on any atom is -0.465 e. The van der Waals surface area contributed by atoms with E-state index >= 15 is 0 Å². The summed E-state index contributed by atoms with van der Waals surface area (Å²) in [6.45, 7) is 0. The summed E-state index contributed by atoms with van der Waals surface area (Å²) < 4.78 is 74.1. The first-order chi connectivity index (χ1) is 19.1. The molecule has 0 spiro atoms. The van der Waals surface area contributed by atoms with E-state index in [1.54, 1.807) is 18.3 Å². The largest absolute Gasteiger partial charge is 0.465 e. The quantitative estimate of drug-likeness (QED) is 0.0765. The summed E-state index contributed by atoms with van der Waals surface area (Å²) in [7, 11) is 3.41. The van der Waals surface area contributed by atoms with Crippen molar-refractivity contribution in [3.05, 3.63) is 81.2 Å². The van der Waals surface area contributed by atoms with Crippen LogP contribution in [0.15, 0.2) is 60.9 Å². The number of benzene rings is 2. The minimum absolute atomic E-state index is 0.186. The smallest absolute Gasteiger partial charge is 0.417 e. The Bertz CT molecular complexity index is 1560. The molecule has 2 aromatic carbocycles. The van der Waals surface area contributed by atoms with Crippen LogP contribution in [0.1, 0.15) is 26.3 Å². The number of rotatable bonds is 3. The van der Waals surface area contributed by atoms with Gasteiger partial charge in [-0.05, 0) is 82.7 Å². The van der Waals surface area contributed by atoms with Gasteiger partial charge in [0.2, 0.25) is 0 Å². The summed E-state index contributed by atoms with van der Waals surface area (Å²) >= 11 is 6.36. The minimum atomic E-state index is -4.46. The van der Waals surface area contributed by atoms with Crippen LogP contribution in [0, 0.1) is 3.57 Å². The van der Waals surface area contributed by atoms with Gasteiger partial charge in [0.15, 0.2) is 0 Å². The fraction of sp³-hybridized carbons (Fsp3) is 0.192. The lowest BCUT2D eigenvalue weighted by atomic mass is 10.1. The Morgan fingerprint density at radius 3 is 1.59 bits per heavy atom. The Balaban J connectivity index is 0.000000232. The third-order valence-electron chi connectivity index (χ3n) is 4.92. The molecule has 2 aromatic heterocycles. The van der Waals surface area contributed by atoms with Crippen LogP contribution in [-0.2, 0) is 25.2 Å². The fourth-order valence-electron chi connectivity index (χ4n) is 3.00. The monoisotopic (exact) mass is 712 g/mol. The molecular weight excluding hydrogens is 694 g/mol. The zero-order valence-electron chi connectivity index (χ0n) is 21.3. The van der Waals surface area contributed by atoms with Crippen LogP contribution >= 0.6 is 34.2 Å². The highest BCUT2D eigenvalue weighted by atomic mass is 127. The maximum Gasteiger partial charge on any atom is 0.417 e. The van der Waals surface area contributed by atoms with Gasteiger partial charge in [-0.1, -0.05) is 0 Å². The maximum absolute atomic E-state index is 12.5. The van der Waals surface area contributed by atoms with Crippen LogP contribution in [-0.4, -0.2) is 54.6 Å². The predicted octanol–water partition coefficient (Wildman–Crippen LogP) is 6.66. The molecule has 0 aliphatic carbocycles. The van der Waals surface area contributed by atoms with E-state index in [9.17, 15) is 36.3 Å². The van der Waals surface area contributed by atoms with Crippen LogP contribution in [0.25, 0.3) is 21.8 Å². The summed E-state index contributed by atoms with van der Waals surface area (Å²) in [6.07, 6.45) is -1.90. The molecule has 41 heavy (non-hydrogen) atoms. The van der Waals surface area contributed by atoms with E-state index in [2.05, 4.69) is 58.4 Å². The van der Waals surface area contributed by atoms with Gasteiger partial charge in [-0.2, -0.15) is 22.0 Å². The van der Waals surface area contributed by atoms with E-state index in [0.29, 0.717) is 11.1 Å². The zero-order valence-corrected chi connectivity index (χ0v) is 24.2. The lowest BCUT2D eigenvalue weighted by Gasteiger charge is -2.07. The molecule has 4 aromatic rings. The molecule has 0 fully saturated rings. The van der Waals surface area contributed by atoms with Gasteiger partial charge in [0, 0.05) is 26.7 Å². The van der Waals surface area contributed by atoms with E-state index in [1.807, 2.05) is 12.1 Å². The number of ether oxygens (including phenoxy) is 3. The highest BCUT2D eigenvalue weighted by molar-refractivity contribution is 14.1. The van der Waals surface area contributed by atoms with Crippen molar-refractivity contribution in [2.75, 3.05) is 21.3 Å². The number of hydrogen-bond acceptors (Lipinski definition) is 8. The van der Waals surface area contributed by atoms with Crippen molar-refractivity contribution >= 4 is 73.9 Å². The number of halogens is 7. The van der Waals surface area contributed by atoms with Crippen molar-refractivity contribution in [3.63, 3.8) is 0 Å². The molecule has 0 aliphatic heterocycles. The molecule has 0 radical (unpaired) electrons. The summed E-state index contributed by atoms with van der Waals surface area (Å²) in [5, 5.41) is -2.69. The van der Waals surface area contributed by atoms with Crippen LogP contribution in [0.4, 0.5) is 22.0 Å². The number of methoxy groups -OCH3 is 3. The molecule has 15 heteroatoms. The van der Waals surface area contributed by atoms with Crippen LogP contribution in [0.2, 0.25) is 0 Å². The van der Waals surface area contributed by atoms with Gasteiger partial charge in [0.25, 0.3) is 0 Å². The topological polar surface area (TPSA) is 105 Å². The average molecular weight is 713 g/mol. The summed E-state index contributed by atoms with van der Waals surface area (Å²) in [5.74, 6) is -2.66. The van der Waals surface area contributed by atoms with Gasteiger partial charge < -0.3 is 14.2 Å². The molecule has 0 saturated carbocycles. The number of aromatic nitrogens is 2. The Hall–Kier alpha value is -3.66. The molecule has 0 saturated heterocycles. The Morgan fingerprint density at radius 2 is 1.20 bits per heavy atom. The van der Waals surface area contributed by atoms with Crippen LogP contribution in [0.3, 0.4) is 0 Å². The van der Waals surface area contributed by atoms with Gasteiger partial charge in [0.05, 0.1) is 49.1 Å². The molecule has 218 valence electrons. The molecule has 0 atom stereocenters. The number of pyridine rings is 2. The van der Waals surface area contributed by atoms with Crippen LogP contribution in [0.5, 0.6) is 0 Å².